The van der Waals surface area contributed by atoms with Crippen molar-refractivity contribution in [2.45, 2.75) is 13.0 Å². The van der Waals surface area contributed by atoms with Crippen LogP contribution in [0.15, 0.2) is 43.0 Å². The molecule has 2 aliphatic heterocycles. The van der Waals surface area contributed by atoms with E-state index in [9.17, 15) is 14.0 Å². The van der Waals surface area contributed by atoms with E-state index in [0.29, 0.717) is 25.3 Å². The molecule has 8 heteroatoms. The summed E-state index contributed by atoms with van der Waals surface area (Å²) < 4.78 is 15.2. The van der Waals surface area contributed by atoms with Crippen LogP contribution in [0.1, 0.15) is 6.42 Å². The second-order valence-electron chi connectivity index (χ2n) is 7.35. The van der Waals surface area contributed by atoms with E-state index in [0.717, 1.165) is 26.2 Å². The first kappa shape index (κ1) is 18.6. The predicted molar refractivity (Wildman–Crippen MR) is 102 cm³/mol. The van der Waals surface area contributed by atoms with Crippen molar-refractivity contribution in [3.8, 4) is 0 Å². The molecule has 0 radical (unpaired) electrons. The van der Waals surface area contributed by atoms with Gasteiger partial charge in [-0.25, -0.2) is 9.37 Å². The largest absolute Gasteiger partial charge is 0.340 e. The summed E-state index contributed by atoms with van der Waals surface area (Å²) in [6.07, 6.45) is 5.75. The van der Waals surface area contributed by atoms with Crippen LogP contribution in [0.4, 0.5) is 10.1 Å². The molecule has 0 bridgehead atoms. The first-order chi connectivity index (χ1) is 13.6. The normalized spacial score (nSPS) is 20.8. The zero-order valence-corrected chi connectivity index (χ0v) is 15.7. The number of piperazine rings is 1. The maximum atomic E-state index is 13.1. The minimum Gasteiger partial charge on any atom is -0.340 e. The Bertz CT molecular complexity index is 816. The smallest absolute Gasteiger partial charge is 0.228 e. The fraction of sp³-hybridized carbons (Fsp3) is 0.450. The van der Waals surface area contributed by atoms with Gasteiger partial charge in [0.15, 0.2) is 0 Å². The Kier molecular flexibility index (Phi) is 5.38. The number of nitrogens with zero attached hydrogens (tertiary/aromatic N) is 5. The van der Waals surface area contributed by atoms with Crippen molar-refractivity contribution in [2.75, 3.05) is 44.2 Å². The zero-order valence-electron chi connectivity index (χ0n) is 15.7. The maximum Gasteiger partial charge on any atom is 0.228 e. The Morgan fingerprint density at radius 2 is 1.86 bits per heavy atom. The van der Waals surface area contributed by atoms with Crippen LogP contribution in [-0.4, -0.2) is 70.4 Å². The lowest BCUT2D eigenvalue weighted by Crippen LogP contribution is -2.51. The molecule has 3 heterocycles. The Hall–Kier alpha value is -2.74. The van der Waals surface area contributed by atoms with Gasteiger partial charge in [-0.15, -0.1) is 0 Å². The van der Waals surface area contributed by atoms with Crippen LogP contribution in [-0.2, 0) is 16.1 Å². The molecule has 0 aliphatic carbocycles. The molecule has 0 saturated carbocycles. The quantitative estimate of drug-likeness (QED) is 0.777. The minimum atomic E-state index is -0.339. The number of benzene rings is 1. The molecule has 148 valence electrons. The Morgan fingerprint density at radius 3 is 2.54 bits per heavy atom. The molecule has 2 saturated heterocycles. The summed E-state index contributed by atoms with van der Waals surface area (Å²) >= 11 is 0. The van der Waals surface area contributed by atoms with E-state index in [1.807, 2.05) is 22.0 Å². The number of imidazole rings is 1. The van der Waals surface area contributed by atoms with Crippen LogP contribution in [0.2, 0.25) is 0 Å². The van der Waals surface area contributed by atoms with Gasteiger partial charge in [-0.3, -0.25) is 14.5 Å². The van der Waals surface area contributed by atoms with Crippen molar-refractivity contribution >= 4 is 17.5 Å². The van der Waals surface area contributed by atoms with Crippen molar-refractivity contribution < 1.29 is 14.0 Å². The molecule has 0 spiro atoms. The van der Waals surface area contributed by atoms with E-state index in [1.54, 1.807) is 23.2 Å². The zero-order chi connectivity index (χ0) is 19.5. The van der Waals surface area contributed by atoms with Gasteiger partial charge in [-0.05, 0) is 24.3 Å². The number of carbonyl (C=O) groups is 2. The molecule has 1 atom stereocenters. The maximum absolute atomic E-state index is 13.1. The highest BCUT2D eigenvalue weighted by Crippen LogP contribution is 2.26. The third-order valence-electron chi connectivity index (χ3n) is 5.53. The van der Waals surface area contributed by atoms with Crippen LogP contribution in [0.3, 0.4) is 0 Å². The monoisotopic (exact) mass is 385 g/mol. The van der Waals surface area contributed by atoms with Gasteiger partial charge in [-0.2, -0.15) is 0 Å². The summed E-state index contributed by atoms with van der Waals surface area (Å²) in [5, 5.41) is 0. The third kappa shape index (κ3) is 4.06. The van der Waals surface area contributed by atoms with E-state index in [4.69, 9.17) is 0 Å². The van der Waals surface area contributed by atoms with Gasteiger partial charge in [0.25, 0.3) is 0 Å². The number of rotatable bonds is 5. The van der Waals surface area contributed by atoms with Crippen LogP contribution in [0.5, 0.6) is 0 Å². The lowest BCUT2D eigenvalue weighted by atomic mass is 10.1. The van der Waals surface area contributed by atoms with Gasteiger partial charge in [0.2, 0.25) is 11.8 Å². The van der Waals surface area contributed by atoms with E-state index in [-0.39, 0.29) is 30.0 Å². The van der Waals surface area contributed by atoms with Crippen LogP contribution >= 0.6 is 0 Å². The number of hydrogen-bond acceptors (Lipinski definition) is 4. The van der Waals surface area contributed by atoms with E-state index in [2.05, 4.69) is 9.88 Å². The molecule has 0 N–H and O–H groups in total. The average Bonchev–Trinajstić information content (AvgIpc) is 3.37. The van der Waals surface area contributed by atoms with Crippen LogP contribution in [0.25, 0.3) is 0 Å². The molecule has 2 aromatic rings. The lowest BCUT2D eigenvalue weighted by molar-refractivity contribution is -0.137. The van der Waals surface area contributed by atoms with Crippen molar-refractivity contribution in [1.82, 2.24) is 19.4 Å². The summed E-state index contributed by atoms with van der Waals surface area (Å²) in [4.78, 5) is 35.1. The molecule has 1 aromatic heterocycles. The van der Waals surface area contributed by atoms with Crippen molar-refractivity contribution in [1.29, 1.82) is 0 Å². The molecule has 2 amide bonds. The standard InChI is InChI=1S/C20H24FN5O2/c21-17-1-3-18(4-2-17)26-14-16(13-19(26)27)20(28)25-11-9-23(10-12-25)7-8-24-6-5-22-15-24/h1-6,15-16H,7-14H2. The van der Waals surface area contributed by atoms with E-state index < -0.39 is 0 Å². The fourth-order valence-electron chi connectivity index (χ4n) is 3.87. The number of aromatic nitrogens is 2. The number of carbonyl (C=O) groups excluding carboxylic acids is 2. The lowest BCUT2D eigenvalue weighted by Gasteiger charge is -2.35. The summed E-state index contributed by atoms with van der Waals surface area (Å²) in [5.74, 6) is -0.694. The second-order valence-corrected chi connectivity index (χ2v) is 7.35. The highest BCUT2D eigenvalue weighted by atomic mass is 19.1. The highest BCUT2D eigenvalue weighted by Gasteiger charge is 2.37. The minimum absolute atomic E-state index is 0.0484. The Morgan fingerprint density at radius 1 is 1.11 bits per heavy atom. The van der Waals surface area contributed by atoms with Crippen LogP contribution in [0, 0.1) is 11.7 Å². The predicted octanol–water partition coefficient (Wildman–Crippen LogP) is 1.22. The fourth-order valence-corrected chi connectivity index (χ4v) is 3.87. The van der Waals surface area contributed by atoms with E-state index in [1.165, 1.54) is 12.1 Å². The summed E-state index contributed by atoms with van der Waals surface area (Å²) in [6.45, 7) is 5.22. The molecule has 1 aromatic carbocycles. The SMILES string of the molecule is O=C(C1CC(=O)N(c2ccc(F)cc2)C1)N1CCN(CCn2ccnc2)CC1. The molecule has 28 heavy (non-hydrogen) atoms. The van der Waals surface area contributed by atoms with Gasteiger partial charge in [0, 0.05) is 70.3 Å². The Labute approximate surface area is 163 Å². The number of hydrogen-bond donors (Lipinski definition) is 0. The molecule has 1 unspecified atom stereocenters. The van der Waals surface area contributed by atoms with Crippen LogP contribution < -0.4 is 4.90 Å². The summed E-state index contributed by atoms with van der Waals surface area (Å²) in [5.41, 5.74) is 0.644. The van der Waals surface area contributed by atoms with Gasteiger partial charge < -0.3 is 14.4 Å². The van der Waals surface area contributed by atoms with E-state index >= 15 is 0 Å². The molecular formula is C20H24FN5O2. The Balaban J connectivity index is 1.28. The van der Waals surface area contributed by atoms with Crippen molar-refractivity contribution in [3.63, 3.8) is 0 Å². The molecular weight excluding hydrogens is 361 g/mol. The van der Waals surface area contributed by atoms with Gasteiger partial charge >= 0.3 is 0 Å². The van der Waals surface area contributed by atoms with Gasteiger partial charge in [-0.1, -0.05) is 0 Å². The van der Waals surface area contributed by atoms with Gasteiger partial charge in [0.1, 0.15) is 5.82 Å². The summed E-state index contributed by atoms with van der Waals surface area (Å²) in [6, 6.07) is 5.83. The molecule has 2 aliphatic rings. The number of amides is 2. The highest BCUT2D eigenvalue weighted by molar-refractivity contribution is 6.00. The number of anilines is 1. The molecule has 7 nitrogen and oxygen atoms in total. The number of halogens is 1. The first-order valence-corrected chi connectivity index (χ1v) is 9.63. The summed E-state index contributed by atoms with van der Waals surface area (Å²) in [7, 11) is 0. The van der Waals surface area contributed by atoms with Crippen molar-refractivity contribution in [2.24, 2.45) is 5.92 Å². The first-order valence-electron chi connectivity index (χ1n) is 9.63. The average molecular weight is 385 g/mol. The second kappa shape index (κ2) is 8.10. The van der Waals surface area contributed by atoms with Crippen molar-refractivity contribution in [3.05, 3.63) is 48.8 Å². The topological polar surface area (TPSA) is 61.7 Å². The molecule has 4 rings (SSSR count). The van der Waals surface area contributed by atoms with Gasteiger partial charge in [0.05, 0.1) is 12.2 Å². The molecule has 2 fully saturated rings. The third-order valence-corrected chi connectivity index (χ3v) is 5.53.